The number of nitrogens with one attached hydrogen (secondary N) is 1. The van der Waals surface area contributed by atoms with E-state index in [9.17, 15) is 4.39 Å². The molecular weight excluding hydrogens is 273 g/mol. The molecule has 0 radical (unpaired) electrons. The van der Waals surface area contributed by atoms with E-state index in [1.165, 1.54) is 0 Å². The minimum absolute atomic E-state index is 0.155. The lowest BCUT2D eigenvalue weighted by Crippen LogP contribution is -2.02. The van der Waals surface area contributed by atoms with Crippen LogP contribution in [0, 0.1) is 5.82 Å². The highest BCUT2D eigenvalue weighted by Gasteiger charge is 2.06. The molecule has 100 valence electrons. The second-order valence-electron chi connectivity index (χ2n) is 4.59. The van der Waals surface area contributed by atoms with Crippen molar-refractivity contribution in [2.75, 3.05) is 5.32 Å². The maximum Gasteiger partial charge on any atom is 0.146 e. The van der Waals surface area contributed by atoms with Gasteiger partial charge in [0, 0.05) is 23.2 Å². The molecule has 3 heteroatoms. The molecule has 1 N–H and O–H groups in total. The third-order valence-electron chi connectivity index (χ3n) is 3.29. The number of benzene rings is 3. The van der Waals surface area contributed by atoms with Crippen LogP contribution in [-0.2, 0) is 6.54 Å². The average Bonchev–Trinajstić information content (AvgIpc) is 2.49. The van der Waals surface area contributed by atoms with Crippen molar-refractivity contribution in [2.45, 2.75) is 6.54 Å². The zero-order chi connectivity index (χ0) is 13.9. The Labute approximate surface area is 122 Å². The molecule has 0 aromatic heterocycles. The summed E-state index contributed by atoms with van der Waals surface area (Å²) >= 11 is 5.79. The molecule has 0 fully saturated rings. The summed E-state index contributed by atoms with van der Waals surface area (Å²) in [7, 11) is 0. The quantitative estimate of drug-likeness (QED) is 0.693. The molecule has 0 bridgehead atoms. The number of rotatable bonds is 3. The van der Waals surface area contributed by atoms with Crippen LogP contribution in [0.15, 0.2) is 60.7 Å². The summed E-state index contributed by atoms with van der Waals surface area (Å²) in [4.78, 5) is 0. The molecule has 0 aliphatic heterocycles. The monoisotopic (exact) mass is 285 g/mol. The van der Waals surface area contributed by atoms with Crippen molar-refractivity contribution in [3.8, 4) is 0 Å². The van der Waals surface area contributed by atoms with Crippen molar-refractivity contribution in [3.05, 3.63) is 77.1 Å². The maximum absolute atomic E-state index is 13.8. The summed E-state index contributed by atoms with van der Waals surface area (Å²) in [5.41, 5.74) is 1.55. The third-order valence-corrected chi connectivity index (χ3v) is 3.58. The predicted molar refractivity (Wildman–Crippen MR) is 82.7 cm³/mol. The van der Waals surface area contributed by atoms with Crippen LogP contribution in [0.25, 0.3) is 10.8 Å². The van der Waals surface area contributed by atoms with Gasteiger partial charge in [-0.1, -0.05) is 60.1 Å². The minimum Gasteiger partial charge on any atom is -0.380 e. The van der Waals surface area contributed by atoms with Crippen LogP contribution >= 0.6 is 11.6 Å². The number of hydrogen-bond acceptors (Lipinski definition) is 1. The Morgan fingerprint density at radius 3 is 2.55 bits per heavy atom. The second kappa shape index (κ2) is 5.51. The topological polar surface area (TPSA) is 12.0 Å². The number of hydrogen-bond donors (Lipinski definition) is 1. The van der Waals surface area contributed by atoms with Gasteiger partial charge in [-0.2, -0.15) is 0 Å². The molecule has 3 aromatic rings. The first-order valence-electron chi connectivity index (χ1n) is 6.40. The number of halogens is 2. The predicted octanol–water partition coefficient (Wildman–Crippen LogP) is 5.24. The van der Waals surface area contributed by atoms with E-state index in [0.717, 1.165) is 16.5 Å². The Bertz CT molecular complexity index is 750. The molecule has 0 saturated heterocycles. The lowest BCUT2D eigenvalue weighted by Gasteiger charge is -2.11. The van der Waals surface area contributed by atoms with Gasteiger partial charge in [0.15, 0.2) is 0 Å². The first-order valence-corrected chi connectivity index (χ1v) is 6.78. The van der Waals surface area contributed by atoms with Gasteiger partial charge in [-0.3, -0.25) is 0 Å². The van der Waals surface area contributed by atoms with Crippen LogP contribution in [-0.4, -0.2) is 0 Å². The van der Waals surface area contributed by atoms with Gasteiger partial charge in [0.05, 0.1) is 5.02 Å². The largest absolute Gasteiger partial charge is 0.380 e. The van der Waals surface area contributed by atoms with Gasteiger partial charge in [0.25, 0.3) is 0 Å². The van der Waals surface area contributed by atoms with Crippen LogP contribution in [0.4, 0.5) is 10.1 Å². The molecular formula is C17H13ClFN. The first kappa shape index (κ1) is 12.9. The Morgan fingerprint density at radius 2 is 1.65 bits per heavy atom. The van der Waals surface area contributed by atoms with E-state index >= 15 is 0 Å². The zero-order valence-corrected chi connectivity index (χ0v) is 11.5. The Kier molecular flexibility index (Phi) is 3.57. The van der Waals surface area contributed by atoms with Gasteiger partial charge in [-0.05, 0) is 17.5 Å². The molecule has 0 aliphatic carbocycles. The molecule has 3 aromatic carbocycles. The lowest BCUT2D eigenvalue weighted by atomic mass is 10.1. The van der Waals surface area contributed by atoms with Gasteiger partial charge in [0.1, 0.15) is 5.82 Å². The fraction of sp³-hybridized carbons (Fsp3) is 0.0588. The minimum atomic E-state index is -0.359. The van der Waals surface area contributed by atoms with Gasteiger partial charge in [0.2, 0.25) is 0 Å². The molecule has 0 amide bonds. The second-order valence-corrected chi connectivity index (χ2v) is 5.00. The zero-order valence-electron chi connectivity index (χ0n) is 10.7. The van der Waals surface area contributed by atoms with Crippen LogP contribution in [0.3, 0.4) is 0 Å². The first-order chi connectivity index (χ1) is 9.75. The lowest BCUT2D eigenvalue weighted by molar-refractivity contribution is 0.613. The summed E-state index contributed by atoms with van der Waals surface area (Å²) in [5.74, 6) is -0.359. The highest BCUT2D eigenvalue weighted by atomic mass is 35.5. The number of anilines is 1. The molecule has 0 saturated carbocycles. The third kappa shape index (κ3) is 2.47. The van der Waals surface area contributed by atoms with E-state index in [1.54, 1.807) is 18.2 Å². The fourth-order valence-corrected chi connectivity index (χ4v) is 2.45. The molecule has 0 aliphatic rings. The highest BCUT2D eigenvalue weighted by Crippen LogP contribution is 2.24. The molecule has 3 rings (SSSR count). The summed E-state index contributed by atoms with van der Waals surface area (Å²) in [6, 6.07) is 19.2. The van der Waals surface area contributed by atoms with Crippen molar-refractivity contribution in [3.63, 3.8) is 0 Å². The van der Waals surface area contributed by atoms with Crippen molar-refractivity contribution >= 4 is 28.1 Å². The Hall–Kier alpha value is -2.06. The molecule has 0 heterocycles. The van der Waals surface area contributed by atoms with E-state index in [-0.39, 0.29) is 10.8 Å². The van der Waals surface area contributed by atoms with Crippen molar-refractivity contribution in [1.82, 2.24) is 0 Å². The van der Waals surface area contributed by atoms with Crippen LogP contribution < -0.4 is 5.32 Å². The summed E-state index contributed by atoms with van der Waals surface area (Å²) in [5, 5.41) is 5.71. The Morgan fingerprint density at radius 1 is 0.900 bits per heavy atom. The van der Waals surface area contributed by atoms with Crippen molar-refractivity contribution in [2.24, 2.45) is 0 Å². The average molecular weight is 286 g/mol. The molecule has 1 nitrogen and oxygen atoms in total. The van der Waals surface area contributed by atoms with E-state index < -0.39 is 0 Å². The van der Waals surface area contributed by atoms with Gasteiger partial charge in [-0.15, -0.1) is 0 Å². The van der Waals surface area contributed by atoms with Crippen LogP contribution in [0.2, 0.25) is 5.02 Å². The summed E-state index contributed by atoms with van der Waals surface area (Å²) in [6.45, 7) is 0.403. The summed E-state index contributed by atoms with van der Waals surface area (Å²) in [6.07, 6.45) is 0. The number of fused-ring (bicyclic) bond motifs is 1. The van der Waals surface area contributed by atoms with Crippen LogP contribution in [0.5, 0.6) is 0 Å². The maximum atomic E-state index is 13.8. The van der Waals surface area contributed by atoms with E-state index in [0.29, 0.717) is 12.1 Å². The highest BCUT2D eigenvalue weighted by molar-refractivity contribution is 6.30. The van der Waals surface area contributed by atoms with Crippen LogP contribution in [0.1, 0.15) is 5.56 Å². The van der Waals surface area contributed by atoms with Gasteiger partial charge >= 0.3 is 0 Å². The molecule has 0 unspecified atom stereocenters. The normalized spacial score (nSPS) is 10.7. The molecule has 0 spiro atoms. The molecule has 0 atom stereocenters. The fourth-order valence-electron chi connectivity index (χ4n) is 2.25. The smallest absolute Gasteiger partial charge is 0.146 e. The van der Waals surface area contributed by atoms with E-state index in [4.69, 9.17) is 11.6 Å². The van der Waals surface area contributed by atoms with Gasteiger partial charge in [-0.25, -0.2) is 4.39 Å². The molecule has 20 heavy (non-hydrogen) atoms. The Balaban J connectivity index is 1.89. The van der Waals surface area contributed by atoms with Gasteiger partial charge < -0.3 is 5.32 Å². The summed E-state index contributed by atoms with van der Waals surface area (Å²) < 4.78 is 13.8. The van der Waals surface area contributed by atoms with Crippen molar-refractivity contribution in [1.29, 1.82) is 0 Å². The van der Waals surface area contributed by atoms with E-state index in [2.05, 4.69) is 17.4 Å². The standard InChI is InChI=1S/C17H13ClFN/c18-15-9-3-7-13(17(15)19)11-20-16-10-4-6-12-5-1-2-8-14(12)16/h1-10,20H,11H2. The SMILES string of the molecule is Fc1c(Cl)cccc1CNc1cccc2ccccc12. The van der Waals surface area contributed by atoms with Crippen molar-refractivity contribution < 1.29 is 4.39 Å². The van der Waals surface area contributed by atoms with E-state index in [1.807, 2.05) is 30.3 Å².